The van der Waals surface area contributed by atoms with Gasteiger partial charge in [-0.3, -0.25) is 9.36 Å². The number of amides is 1. The third-order valence-corrected chi connectivity index (χ3v) is 5.23. The summed E-state index contributed by atoms with van der Waals surface area (Å²) < 4.78 is 21.1. The van der Waals surface area contributed by atoms with E-state index in [0.29, 0.717) is 36.2 Å². The van der Waals surface area contributed by atoms with Crippen molar-refractivity contribution in [2.24, 2.45) is 0 Å². The standard InChI is InChI=1S/C22H23FN4O2S/c1-3-11-27-21(18-9-4-5-10-19(18)23)25-26-22(27)30-15-20(28)24-13-16-7-6-8-17(12-16)14-29-2/h3-10,12H,1,11,13-15H2,2H3,(H,24,28). The smallest absolute Gasteiger partial charge is 0.230 e. The number of carbonyl (C=O) groups excluding carboxylic acids is 1. The number of hydrogen-bond donors (Lipinski definition) is 1. The highest BCUT2D eigenvalue weighted by Crippen LogP contribution is 2.25. The summed E-state index contributed by atoms with van der Waals surface area (Å²) in [5.41, 5.74) is 2.41. The predicted octanol–water partition coefficient (Wildman–Crippen LogP) is 3.83. The molecule has 3 aromatic rings. The molecule has 0 aliphatic heterocycles. The number of benzene rings is 2. The van der Waals surface area contributed by atoms with E-state index in [0.717, 1.165) is 11.1 Å². The first-order valence-corrected chi connectivity index (χ1v) is 10.4. The Labute approximate surface area is 179 Å². The number of rotatable bonds is 10. The van der Waals surface area contributed by atoms with Crippen LogP contribution in [0.5, 0.6) is 0 Å². The number of carbonyl (C=O) groups is 1. The van der Waals surface area contributed by atoms with Crippen molar-refractivity contribution in [2.75, 3.05) is 12.9 Å². The van der Waals surface area contributed by atoms with Gasteiger partial charge in [0.15, 0.2) is 11.0 Å². The average molecular weight is 427 g/mol. The highest BCUT2D eigenvalue weighted by molar-refractivity contribution is 7.99. The minimum atomic E-state index is -0.375. The second kappa shape index (κ2) is 10.7. The van der Waals surface area contributed by atoms with E-state index in [1.165, 1.54) is 17.8 Å². The number of nitrogens with one attached hydrogen (secondary N) is 1. The molecule has 0 atom stereocenters. The van der Waals surface area contributed by atoms with Crippen LogP contribution in [0.4, 0.5) is 4.39 Å². The molecule has 156 valence electrons. The van der Waals surface area contributed by atoms with Crippen LogP contribution in [0.2, 0.25) is 0 Å². The molecule has 0 fully saturated rings. The number of methoxy groups -OCH3 is 1. The Morgan fingerprint density at radius 2 is 2.03 bits per heavy atom. The number of aromatic nitrogens is 3. The van der Waals surface area contributed by atoms with Gasteiger partial charge in [-0.05, 0) is 23.3 Å². The van der Waals surface area contributed by atoms with Gasteiger partial charge in [-0.25, -0.2) is 4.39 Å². The van der Waals surface area contributed by atoms with Crippen LogP contribution in [0, 0.1) is 5.82 Å². The summed E-state index contributed by atoms with van der Waals surface area (Å²) in [6.45, 7) is 5.11. The number of nitrogens with zero attached hydrogens (tertiary/aromatic N) is 3. The van der Waals surface area contributed by atoms with E-state index in [1.54, 1.807) is 36.0 Å². The Morgan fingerprint density at radius 1 is 1.23 bits per heavy atom. The van der Waals surface area contributed by atoms with Crippen molar-refractivity contribution in [2.45, 2.75) is 24.9 Å². The molecule has 1 aromatic heterocycles. The second-order valence-electron chi connectivity index (χ2n) is 6.50. The molecule has 30 heavy (non-hydrogen) atoms. The normalized spacial score (nSPS) is 10.7. The lowest BCUT2D eigenvalue weighted by molar-refractivity contribution is -0.118. The Morgan fingerprint density at radius 3 is 2.80 bits per heavy atom. The fourth-order valence-electron chi connectivity index (χ4n) is 2.91. The minimum Gasteiger partial charge on any atom is -0.380 e. The molecule has 0 unspecified atom stereocenters. The van der Waals surface area contributed by atoms with Crippen molar-refractivity contribution in [3.8, 4) is 11.4 Å². The van der Waals surface area contributed by atoms with Crippen molar-refractivity contribution in [1.82, 2.24) is 20.1 Å². The van der Waals surface area contributed by atoms with Gasteiger partial charge in [0.1, 0.15) is 5.82 Å². The molecular weight excluding hydrogens is 403 g/mol. The van der Waals surface area contributed by atoms with Crippen LogP contribution in [0.1, 0.15) is 11.1 Å². The SMILES string of the molecule is C=CCn1c(SCC(=O)NCc2cccc(COC)c2)nnc1-c1ccccc1F. The molecule has 0 saturated carbocycles. The first kappa shape index (κ1) is 21.7. The first-order valence-electron chi connectivity index (χ1n) is 9.37. The molecule has 0 aliphatic carbocycles. The molecule has 0 spiro atoms. The van der Waals surface area contributed by atoms with Gasteiger partial charge in [0.2, 0.25) is 5.91 Å². The van der Waals surface area contributed by atoms with Crippen molar-refractivity contribution < 1.29 is 13.9 Å². The van der Waals surface area contributed by atoms with Gasteiger partial charge < -0.3 is 10.1 Å². The van der Waals surface area contributed by atoms with Crippen LogP contribution in [0.15, 0.2) is 66.3 Å². The van der Waals surface area contributed by atoms with Gasteiger partial charge in [0.25, 0.3) is 0 Å². The summed E-state index contributed by atoms with van der Waals surface area (Å²) in [6, 6.07) is 14.3. The minimum absolute atomic E-state index is 0.127. The third kappa shape index (κ3) is 5.55. The molecule has 8 heteroatoms. The van der Waals surface area contributed by atoms with E-state index in [2.05, 4.69) is 22.1 Å². The molecule has 0 aliphatic rings. The average Bonchev–Trinajstić information content (AvgIpc) is 3.14. The molecule has 3 rings (SSSR count). The van der Waals surface area contributed by atoms with Crippen molar-refractivity contribution >= 4 is 17.7 Å². The van der Waals surface area contributed by atoms with Crippen LogP contribution in [0.3, 0.4) is 0 Å². The van der Waals surface area contributed by atoms with Crippen LogP contribution in [-0.2, 0) is 29.2 Å². The highest BCUT2D eigenvalue weighted by atomic mass is 32.2. The lowest BCUT2D eigenvalue weighted by atomic mass is 10.1. The topological polar surface area (TPSA) is 69.0 Å². The molecule has 0 bridgehead atoms. The van der Waals surface area contributed by atoms with Gasteiger partial charge >= 0.3 is 0 Å². The van der Waals surface area contributed by atoms with E-state index >= 15 is 0 Å². The summed E-state index contributed by atoms with van der Waals surface area (Å²) in [7, 11) is 1.65. The Balaban J connectivity index is 1.62. The van der Waals surface area contributed by atoms with Crippen molar-refractivity contribution in [1.29, 1.82) is 0 Å². The number of allylic oxidation sites excluding steroid dienone is 1. The maximum absolute atomic E-state index is 14.2. The summed E-state index contributed by atoms with van der Waals surface area (Å²) >= 11 is 1.25. The fourth-order valence-corrected chi connectivity index (χ4v) is 3.69. The van der Waals surface area contributed by atoms with Gasteiger partial charge in [-0.15, -0.1) is 16.8 Å². The lowest BCUT2D eigenvalue weighted by Gasteiger charge is -2.09. The zero-order valence-electron chi connectivity index (χ0n) is 16.7. The molecular formula is C22H23FN4O2S. The van der Waals surface area contributed by atoms with Crippen LogP contribution in [-0.4, -0.2) is 33.5 Å². The monoisotopic (exact) mass is 426 g/mol. The largest absolute Gasteiger partial charge is 0.380 e. The first-order chi connectivity index (χ1) is 14.6. The summed E-state index contributed by atoms with van der Waals surface area (Å²) in [5, 5.41) is 11.7. The molecule has 1 heterocycles. The van der Waals surface area contributed by atoms with E-state index in [9.17, 15) is 9.18 Å². The van der Waals surface area contributed by atoms with Crippen LogP contribution < -0.4 is 5.32 Å². The van der Waals surface area contributed by atoms with Crippen molar-refractivity contribution in [3.05, 3.63) is 78.1 Å². The maximum Gasteiger partial charge on any atom is 0.230 e. The van der Waals surface area contributed by atoms with Gasteiger partial charge in [0.05, 0.1) is 17.9 Å². The molecule has 0 saturated heterocycles. The van der Waals surface area contributed by atoms with Gasteiger partial charge in [0, 0.05) is 20.2 Å². The molecule has 2 aromatic carbocycles. The maximum atomic E-state index is 14.2. The zero-order chi connectivity index (χ0) is 21.3. The van der Waals surface area contributed by atoms with Gasteiger partial charge in [-0.2, -0.15) is 0 Å². The zero-order valence-corrected chi connectivity index (χ0v) is 17.5. The lowest BCUT2D eigenvalue weighted by Crippen LogP contribution is -2.24. The van der Waals surface area contributed by atoms with Crippen LogP contribution >= 0.6 is 11.8 Å². The summed E-state index contributed by atoms with van der Waals surface area (Å²) in [6.07, 6.45) is 1.69. The molecule has 0 radical (unpaired) electrons. The van der Waals surface area contributed by atoms with E-state index < -0.39 is 0 Å². The van der Waals surface area contributed by atoms with Crippen LogP contribution in [0.25, 0.3) is 11.4 Å². The second-order valence-corrected chi connectivity index (χ2v) is 7.45. The third-order valence-electron chi connectivity index (χ3n) is 4.27. The molecule has 1 amide bonds. The summed E-state index contributed by atoms with van der Waals surface area (Å²) in [5.74, 6) is 0.0773. The number of thioether (sulfide) groups is 1. The van der Waals surface area contributed by atoms with E-state index in [4.69, 9.17) is 4.74 Å². The predicted molar refractivity (Wildman–Crippen MR) is 115 cm³/mol. The van der Waals surface area contributed by atoms with Gasteiger partial charge in [-0.1, -0.05) is 54.2 Å². The van der Waals surface area contributed by atoms with E-state index in [-0.39, 0.29) is 17.5 Å². The number of hydrogen-bond acceptors (Lipinski definition) is 5. The molecule has 6 nitrogen and oxygen atoms in total. The van der Waals surface area contributed by atoms with E-state index in [1.807, 2.05) is 24.3 Å². The summed E-state index contributed by atoms with van der Waals surface area (Å²) in [4.78, 5) is 12.3. The Hall–Kier alpha value is -2.97. The van der Waals surface area contributed by atoms with Crippen molar-refractivity contribution in [3.63, 3.8) is 0 Å². The number of halogens is 1. The molecule has 1 N–H and O–H groups in total. The number of ether oxygens (including phenoxy) is 1. The Kier molecular flexibility index (Phi) is 7.75. The Bertz CT molecular complexity index is 1020. The fraction of sp³-hybridized carbons (Fsp3) is 0.227. The highest BCUT2D eigenvalue weighted by Gasteiger charge is 2.17. The quantitative estimate of drug-likeness (QED) is 0.394.